The molecule has 1 aromatic rings. The van der Waals surface area contributed by atoms with Crippen molar-refractivity contribution in [3.63, 3.8) is 0 Å². The number of hydrogen-bond donors (Lipinski definition) is 1. The molecule has 106 valence electrons. The first-order chi connectivity index (χ1) is 8.99. The van der Waals surface area contributed by atoms with Gasteiger partial charge in [-0.1, -0.05) is 28.4 Å². The monoisotopic (exact) mass is 328 g/mol. The van der Waals surface area contributed by atoms with E-state index in [4.69, 9.17) is 0 Å². The van der Waals surface area contributed by atoms with Crippen molar-refractivity contribution in [2.24, 2.45) is 0 Å². The summed E-state index contributed by atoms with van der Waals surface area (Å²) in [6, 6.07) is 6.25. The molecule has 4 heteroatoms. The lowest BCUT2D eigenvalue weighted by atomic mass is 9.99. The molecule has 0 aliphatic carbocycles. The van der Waals surface area contributed by atoms with E-state index < -0.39 is 0 Å². The summed E-state index contributed by atoms with van der Waals surface area (Å²) in [4.78, 5) is 0. The first-order valence-corrected chi connectivity index (χ1v) is 7.77. The molecule has 0 bridgehead atoms. The number of piperidine rings is 1. The van der Waals surface area contributed by atoms with E-state index in [1.165, 1.54) is 25.3 Å². The van der Waals surface area contributed by atoms with Crippen LogP contribution >= 0.6 is 15.9 Å². The lowest BCUT2D eigenvalue weighted by molar-refractivity contribution is 0.0315. The quantitative estimate of drug-likeness (QED) is 0.883. The molecule has 3 atom stereocenters. The maximum absolute atomic E-state index is 14.0. The summed E-state index contributed by atoms with van der Waals surface area (Å²) in [6.45, 7) is 6.47. The fraction of sp³-hybridized carbons (Fsp3) is 0.600. The maximum atomic E-state index is 14.0. The minimum Gasteiger partial charge on any atom is -0.247 e. The molecular formula is C15H22BrFN2. The molecule has 0 amide bonds. The molecule has 1 heterocycles. The lowest BCUT2D eigenvalue weighted by Gasteiger charge is -2.41. The van der Waals surface area contributed by atoms with Gasteiger partial charge in [0.25, 0.3) is 0 Å². The zero-order valence-corrected chi connectivity index (χ0v) is 13.4. The number of nitrogens with zero attached hydrogens (tertiary/aromatic N) is 1. The lowest BCUT2D eigenvalue weighted by Crippen LogP contribution is -2.52. The number of nitrogens with one attached hydrogen (secondary N) is 1. The Kier molecular flexibility index (Phi) is 4.98. The van der Waals surface area contributed by atoms with E-state index in [0.717, 1.165) is 4.47 Å². The zero-order valence-electron chi connectivity index (χ0n) is 11.8. The van der Waals surface area contributed by atoms with Gasteiger partial charge in [0.1, 0.15) is 5.82 Å². The van der Waals surface area contributed by atoms with Gasteiger partial charge in [-0.25, -0.2) is 14.8 Å². The van der Waals surface area contributed by atoms with Gasteiger partial charge in [-0.3, -0.25) is 0 Å². The van der Waals surface area contributed by atoms with Crippen LogP contribution in [0.4, 0.5) is 4.39 Å². The fourth-order valence-electron chi connectivity index (χ4n) is 2.82. The minimum atomic E-state index is -0.160. The first-order valence-electron chi connectivity index (χ1n) is 6.98. The Morgan fingerprint density at radius 2 is 1.95 bits per heavy atom. The third-order valence-electron chi connectivity index (χ3n) is 3.97. The van der Waals surface area contributed by atoms with Gasteiger partial charge in [0.05, 0.1) is 0 Å². The molecule has 1 aliphatic heterocycles. The normalized spacial score (nSPS) is 26.4. The zero-order chi connectivity index (χ0) is 14.0. The summed E-state index contributed by atoms with van der Waals surface area (Å²) >= 11 is 3.29. The van der Waals surface area contributed by atoms with Crippen molar-refractivity contribution in [2.75, 3.05) is 0 Å². The molecular weight excluding hydrogens is 307 g/mol. The smallest absolute Gasteiger partial charge is 0.129 e. The molecule has 0 spiro atoms. The highest BCUT2D eigenvalue weighted by atomic mass is 79.9. The molecule has 2 nitrogen and oxygen atoms in total. The van der Waals surface area contributed by atoms with Crippen LogP contribution in [-0.2, 0) is 0 Å². The molecule has 1 aromatic carbocycles. The highest BCUT2D eigenvalue weighted by Crippen LogP contribution is 2.25. The number of hydrazine groups is 1. The molecule has 1 N–H and O–H groups in total. The summed E-state index contributed by atoms with van der Waals surface area (Å²) < 4.78 is 14.7. The number of halogens is 2. The molecule has 19 heavy (non-hydrogen) atoms. The summed E-state index contributed by atoms with van der Waals surface area (Å²) in [7, 11) is 0. The molecule has 1 fully saturated rings. The van der Waals surface area contributed by atoms with E-state index in [0.29, 0.717) is 17.6 Å². The van der Waals surface area contributed by atoms with Crippen LogP contribution in [0.1, 0.15) is 51.6 Å². The molecule has 0 saturated carbocycles. The summed E-state index contributed by atoms with van der Waals surface area (Å²) in [5, 5.41) is 2.29. The van der Waals surface area contributed by atoms with E-state index >= 15 is 0 Å². The van der Waals surface area contributed by atoms with Gasteiger partial charge in [-0.2, -0.15) is 0 Å². The van der Waals surface area contributed by atoms with Gasteiger partial charge >= 0.3 is 0 Å². The highest BCUT2D eigenvalue weighted by Gasteiger charge is 2.26. The summed E-state index contributed by atoms with van der Waals surface area (Å²) in [5.41, 5.74) is 4.19. The van der Waals surface area contributed by atoms with E-state index in [1.54, 1.807) is 0 Å². The van der Waals surface area contributed by atoms with Crippen LogP contribution in [0.25, 0.3) is 0 Å². The first kappa shape index (κ1) is 14.9. The Morgan fingerprint density at radius 3 is 2.53 bits per heavy atom. The van der Waals surface area contributed by atoms with Crippen molar-refractivity contribution in [1.82, 2.24) is 10.4 Å². The van der Waals surface area contributed by atoms with E-state index in [1.807, 2.05) is 19.1 Å². The Labute approximate surface area is 123 Å². The number of benzene rings is 1. The molecule has 0 aromatic heterocycles. The van der Waals surface area contributed by atoms with Crippen molar-refractivity contribution in [3.8, 4) is 0 Å². The predicted octanol–water partition coefficient (Wildman–Crippen LogP) is 4.42. The van der Waals surface area contributed by atoms with Gasteiger partial charge in [-0.15, -0.1) is 0 Å². The van der Waals surface area contributed by atoms with Crippen molar-refractivity contribution in [3.05, 3.63) is 34.1 Å². The molecule has 1 saturated heterocycles. The van der Waals surface area contributed by atoms with Crippen LogP contribution in [0.3, 0.4) is 0 Å². The maximum Gasteiger partial charge on any atom is 0.129 e. The van der Waals surface area contributed by atoms with E-state index in [2.05, 4.69) is 40.2 Å². The standard InChI is InChI=1S/C15H22BrFN2/c1-10-5-4-6-11(2)19(10)18-12(3)14-8-7-13(16)9-15(14)17/h7-12,18H,4-6H2,1-3H3. The highest BCUT2D eigenvalue weighted by molar-refractivity contribution is 9.10. The second kappa shape index (κ2) is 6.33. The van der Waals surface area contributed by atoms with E-state index in [9.17, 15) is 4.39 Å². The molecule has 3 unspecified atom stereocenters. The van der Waals surface area contributed by atoms with E-state index in [-0.39, 0.29) is 11.9 Å². The second-order valence-corrected chi connectivity index (χ2v) is 6.47. The van der Waals surface area contributed by atoms with Crippen LogP contribution in [0.5, 0.6) is 0 Å². The van der Waals surface area contributed by atoms with Crippen LogP contribution in [-0.4, -0.2) is 17.1 Å². The van der Waals surface area contributed by atoms with Gasteiger partial charge in [0, 0.05) is 28.2 Å². The summed E-state index contributed by atoms with van der Waals surface area (Å²) in [5.74, 6) is -0.160. The van der Waals surface area contributed by atoms with Crippen LogP contribution in [0, 0.1) is 5.82 Å². The Hall–Kier alpha value is -0.450. The van der Waals surface area contributed by atoms with Crippen molar-refractivity contribution in [1.29, 1.82) is 0 Å². The largest absolute Gasteiger partial charge is 0.247 e. The molecule has 1 aliphatic rings. The molecule has 2 rings (SSSR count). The Bertz CT molecular complexity index is 428. The van der Waals surface area contributed by atoms with Crippen molar-refractivity contribution >= 4 is 15.9 Å². The average molecular weight is 329 g/mol. The minimum absolute atomic E-state index is 0.0175. The van der Waals surface area contributed by atoms with Crippen molar-refractivity contribution < 1.29 is 4.39 Å². The van der Waals surface area contributed by atoms with Crippen molar-refractivity contribution in [2.45, 2.75) is 58.2 Å². The van der Waals surface area contributed by atoms with Crippen LogP contribution in [0.2, 0.25) is 0 Å². The predicted molar refractivity (Wildman–Crippen MR) is 80.3 cm³/mol. The average Bonchev–Trinajstić information content (AvgIpc) is 2.33. The third kappa shape index (κ3) is 3.56. The fourth-order valence-corrected chi connectivity index (χ4v) is 3.15. The van der Waals surface area contributed by atoms with Gasteiger partial charge < -0.3 is 0 Å². The second-order valence-electron chi connectivity index (χ2n) is 5.55. The number of rotatable bonds is 3. The van der Waals surface area contributed by atoms with Gasteiger partial charge in [-0.05, 0) is 45.7 Å². The Morgan fingerprint density at radius 1 is 1.32 bits per heavy atom. The third-order valence-corrected chi connectivity index (χ3v) is 4.46. The van der Waals surface area contributed by atoms with Gasteiger partial charge in [0.2, 0.25) is 0 Å². The molecule has 0 radical (unpaired) electrons. The number of hydrogen-bond acceptors (Lipinski definition) is 2. The summed E-state index contributed by atoms with van der Waals surface area (Å²) in [6.07, 6.45) is 3.68. The topological polar surface area (TPSA) is 15.3 Å². The Balaban J connectivity index is 2.09. The van der Waals surface area contributed by atoms with Gasteiger partial charge in [0.15, 0.2) is 0 Å². The SMILES string of the molecule is CC(NN1C(C)CCCC1C)c1ccc(Br)cc1F. The van der Waals surface area contributed by atoms with Crippen LogP contribution < -0.4 is 5.43 Å². The van der Waals surface area contributed by atoms with Crippen LogP contribution in [0.15, 0.2) is 22.7 Å².